The van der Waals surface area contributed by atoms with Crippen molar-refractivity contribution in [2.45, 2.75) is 44.9 Å². The third-order valence-electron chi connectivity index (χ3n) is 7.00. The van der Waals surface area contributed by atoms with Crippen molar-refractivity contribution in [3.8, 4) is 28.5 Å². The summed E-state index contributed by atoms with van der Waals surface area (Å²) in [7, 11) is 0. The second-order valence-corrected chi connectivity index (χ2v) is 10.8. The number of aromatic carboxylic acids is 1. The van der Waals surface area contributed by atoms with Crippen LogP contribution in [-0.4, -0.2) is 60.9 Å². The van der Waals surface area contributed by atoms with Crippen LogP contribution in [0.1, 0.15) is 42.6 Å². The van der Waals surface area contributed by atoms with Gasteiger partial charge in [0.2, 0.25) is 0 Å². The summed E-state index contributed by atoms with van der Waals surface area (Å²) in [6.07, 6.45) is 2.88. The number of benzene rings is 2. The number of rotatable bonds is 6. The number of aliphatic hydroxyl groups is 1. The summed E-state index contributed by atoms with van der Waals surface area (Å²) >= 11 is 0. The van der Waals surface area contributed by atoms with Crippen molar-refractivity contribution in [1.29, 1.82) is 5.26 Å². The van der Waals surface area contributed by atoms with Crippen LogP contribution < -0.4 is 10.6 Å². The molecule has 0 aliphatic carbocycles. The lowest BCUT2D eigenvalue weighted by Crippen LogP contribution is -2.40. The molecule has 5 N–H and O–H groups in total. The lowest BCUT2D eigenvalue weighted by molar-refractivity contribution is 0.0590. The molecule has 2 aromatic heterocycles. The molecule has 0 amide bonds. The predicted octanol–water partition coefficient (Wildman–Crippen LogP) is 4.45. The Morgan fingerprint density at radius 2 is 1.86 bits per heavy atom. The van der Waals surface area contributed by atoms with E-state index in [1.54, 1.807) is 19.9 Å². The highest BCUT2D eigenvalue weighted by Crippen LogP contribution is 2.40. The number of aromatic nitrogens is 3. The molecule has 43 heavy (non-hydrogen) atoms. The van der Waals surface area contributed by atoms with Crippen LogP contribution in [0, 0.1) is 27.9 Å². The van der Waals surface area contributed by atoms with Gasteiger partial charge >= 0.3 is 5.97 Å². The van der Waals surface area contributed by atoms with E-state index in [4.69, 9.17) is 20.8 Å². The largest absolute Gasteiger partial charge is 0.478 e. The molecule has 5 rings (SSSR count). The molecule has 2 aromatic carbocycles. The van der Waals surface area contributed by atoms with E-state index >= 15 is 4.39 Å². The number of hydrogen-bond acceptors (Lipinski definition) is 9. The maximum atomic E-state index is 15.9. The van der Waals surface area contributed by atoms with Gasteiger partial charge in [-0.05, 0) is 51.0 Å². The summed E-state index contributed by atoms with van der Waals surface area (Å²) in [4.78, 5) is 27.4. The van der Waals surface area contributed by atoms with Crippen molar-refractivity contribution < 1.29 is 29.0 Å². The van der Waals surface area contributed by atoms with Crippen molar-refractivity contribution in [2.24, 2.45) is 11.1 Å². The fourth-order valence-electron chi connectivity index (χ4n) is 5.01. The number of fused-ring (bicyclic) bond motifs is 1. The van der Waals surface area contributed by atoms with Gasteiger partial charge in [-0.1, -0.05) is 6.07 Å². The summed E-state index contributed by atoms with van der Waals surface area (Å²) in [5, 5.41) is 42.4. The fourth-order valence-corrected chi connectivity index (χ4v) is 5.01. The third-order valence-corrected chi connectivity index (χ3v) is 7.00. The molecule has 4 aromatic rings. The molecule has 0 radical (unpaired) electrons. The van der Waals surface area contributed by atoms with Crippen LogP contribution in [0.25, 0.3) is 33.3 Å². The van der Waals surface area contributed by atoms with Gasteiger partial charge < -0.3 is 26.1 Å². The van der Waals surface area contributed by atoms with Crippen LogP contribution in [0.5, 0.6) is 0 Å². The monoisotopic (exact) mass is 593 g/mol. The Morgan fingerprint density at radius 3 is 2.44 bits per heavy atom. The average Bonchev–Trinajstić information content (AvgIpc) is 3.32. The number of nitrogens with zero attached hydrogens (tertiary/aromatic N) is 6. The minimum absolute atomic E-state index is 0.0243. The van der Waals surface area contributed by atoms with Gasteiger partial charge in [0, 0.05) is 47.3 Å². The van der Waals surface area contributed by atoms with E-state index in [9.17, 15) is 24.7 Å². The first kappa shape index (κ1) is 30.9. The minimum Gasteiger partial charge on any atom is -0.478 e. The number of anilines is 1. The molecule has 0 unspecified atom stereocenters. The molecule has 0 saturated carbocycles. The van der Waals surface area contributed by atoms with Gasteiger partial charge in [0.1, 0.15) is 23.5 Å². The molecule has 1 aliphatic rings. The van der Waals surface area contributed by atoms with E-state index in [1.165, 1.54) is 46.6 Å². The maximum Gasteiger partial charge on any atom is 0.336 e. The van der Waals surface area contributed by atoms with Crippen molar-refractivity contribution in [2.75, 3.05) is 18.0 Å². The molecular weight excluding hydrogens is 564 g/mol. The Balaban J connectivity index is 0.00000135. The minimum atomic E-state index is -1.31. The number of piperidine rings is 1. The van der Waals surface area contributed by atoms with Crippen molar-refractivity contribution in [1.82, 2.24) is 14.8 Å². The molecule has 3 heterocycles. The first-order valence-corrected chi connectivity index (χ1v) is 13.2. The fraction of sp³-hybridized carbons (Fsp3) is 0.310. The second kappa shape index (κ2) is 12.5. The number of carboxylic acid groups (broad SMARTS) is 1. The molecule has 1 aliphatic heterocycles. The van der Waals surface area contributed by atoms with E-state index in [0.717, 1.165) is 6.07 Å². The van der Waals surface area contributed by atoms with E-state index in [0.29, 0.717) is 42.7 Å². The van der Waals surface area contributed by atoms with Gasteiger partial charge in [0.05, 0.1) is 40.7 Å². The number of carboxylic acids is 1. The third kappa shape index (κ3) is 6.74. The van der Waals surface area contributed by atoms with Gasteiger partial charge in [-0.3, -0.25) is 4.68 Å². The van der Waals surface area contributed by atoms with Crippen molar-refractivity contribution in [3.63, 3.8) is 0 Å². The molecule has 224 valence electrons. The summed E-state index contributed by atoms with van der Waals surface area (Å²) in [6, 6.07) is 9.76. The second-order valence-electron chi connectivity index (χ2n) is 10.8. The number of pyridine rings is 1. The Morgan fingerprint density at radius 1 is 1.19 bits per heavy atom. The highest BCUT2D eigenvalue weighted by molar-refractivity contribution is 6.03. The van der Waals surface area contributed by atoms with Crippen LogP contribution >= 0.6 is 0 Å². The SMILES string of the molecule is CC(C)(O)Cn1ncc2cc(-c3c(C(=O)O)cc(N4CCC(N)CC4)nc3-c3ccc(C#N)c(F)c3)c(F)cc21.O=NO. The number of carbonyl (C=O) groups is 1. The van der Waals surface area contributed by atoms with Crippen LogP contribution in [-0.2, 0) is 6.54 Å². The summed E-state index contributed by atoms with van der Waals surface area (Å²) < 4.78 is 32.1. The molecule has 1 saturated heterocycles. The Hall–Kier alpha value is -5.00. The maximum absolute atomic E-state index is 15.9. The van der Waals surface area contributed by atoms with Crippen molar-refractivity contribution in [3.05, 3.63) is 70.3 Å². The highest BCUT2D eigenvalue weighted by atomic mass is 19.1. The zero-order chi connectivity index (χ0) is 31.5. The number of nitriles is 1. The summed E-state index contributed by atoms with van der Waals surface area (Å²) in [5.41, 5.74) is 5.16. The van der Waals surface area contributed by atoms with E-state index in [2.05, 4.69) is 5.10 Å². The average molecular weight is 594 g/mol. The van der Waals surface area contributed by atoms with Gasteiger partial charge in [-0.25, -0.2) is 18.6 Å². The van der Waals surface area contributed by atoms with Crippen molar-refractivity contribution >= 4 is 22.7 Å². The Kier molecular flexibility index (Phi) is 8.98. The molecule has 14 heteroatoms. The van der Waals surface area contributed by atoms with Crippen LogP contribution in [0.2, 0.25) is 0 Å². The summed E-state index contributed by atoms with van der Waals surface area (Å²) in [5.74, 6) is -2.49. The van der Waals surface area contributed by atoms with E-state index < -0.39 is 23.2 Å². The predicted molar refractivity (Wildman–Crippen MR) is 153 cm³/mol. The standard InChI is InChI=1S/C29H28F2N6O3.HNO2/c1-29(2,40)15-37-24-12-23(31)20(9-18(24)14-34-37)26-21(28(38)39)11-25(36-7-5-19(33)6-8-36)35-27(26)16-3-4-17(13-32)22(30)10-16;2-1-3/h3-4,9-12,14,19,40H,5-8,15,33H2,1-2H3,(H,38,39);(H,2,3). The molecule has 1 fully saturated rings. The smallest absolute Gasteiger partial charge is 0.336 e. The first-order chi connectivity index (χ1) is 20.4. The number of nitrogens with two attached hydrogens (primary N) is 1. The van der Waals surface area contributed by atoms with Gasteiger partial charge in [0.25, 0.3) is 0 Å². The molecular formula is C29H29F2N7O5. The first-order valence-electron chi connectivity index (χ1n) is 13.2. The van der Waals surface area contributed by atoms with E-state index in [-0.39, 0.29) is 46.1 Å². The van der Waals surface area contributed by atoms with Crippen LogP contribution in [0.15, 0.2) is 47.9 Å². The molecule has 12 nitrogen and oxygen atoms in total. The topological polar surface area (TPSA) is 191 Å². The summed E-state index contributed by atoms with van der Waals surface area (Å²) in [6.45, 7) is 4.43. The molecule has 0 bridgehead atoms. The lowest BCUT2D eigenvalue weighted by atomic mass is 9.92. The van der Waals surface area contributed by atoms with Gasteiger partial charge in [-0.15, -0.1) is 4.91 Å². The lowest BCUT2D eigenvalue weighted by Gasteiger charge is -2.32. The van der Waals surface area contributed by atoms with Crippen LogP contribution in [0.3, 0.4) is 0 Å². The van der Waals surface area contributed by atoms with E-state index in [1.807, 2.05) is 4.90 Å². The van der Waals surface area contributed by atoms with Crippen LogP contribution in [0.4, 0.5) is 14.6 Å². The Bertz CT molecular complexity index is 1720. The molecule has 0 spiro atoms. The normalized spacial score (nSPS) is 13.7. The Labute approximate surface area is 244 Å². The van der Waals surface area contributed by atoms with Gasteiger partial charge in [-0.2, -0.15) is 10.4 Å². The molecule has 0 atom stereocenters. The number of halogens is 2. The quantitative estimate of drug-likeness (QED) is 0.183. The highest BCUT2D eigenvalue weighted by Gasteiger charge is 2.27. The zero-order valence-electron chi connectivity index (χ0n) is 23.3. The zero-order valence-corrected chi connectivity index (χ0v) is 23.3. The number of hydrogen-bond donors (Lipinski definition) is 4. The van der Waals surface area contributed by atoms with Gasteiger partial charge in [0.15, 0.2) is 5.34 Å².